The highest BCUT2D eigenvalue weighted by Gasteiger charge is 2.30. The average molecular weight is 308 g/mol. The zero-order chi connectivity index (χ0) is 14.8. The molecule has 1 aromatic rings. The van der Waals surface area contributed by atoms with Crippen molar-refractivity contribution < 1.29 is 0 Å². The second-order valence-corrected chi connectivity index (χ2v) is 7.96. The molecule has 1 aromatic heterocycles. The van der Waals surface area contributed by atoms with Crippen LogP contribution >= 0.6 is 11.3 Å². The van der Waals surface area contributed by atoms with Crippen molar-refractivity contribution >= 4 is 16.5 Å². The monoisotopic (exact) mass is 307 g/mol. The van der Waals surface area contributed by atoms with Gasteiger partial charge in [0.15, 0.2) is 5.13 Å². The van der Waals surface area contributed by atoms with Gasteiger partial charge in [-0.15, -0.1) is 11.3 Å². The van der Waals surface area contributed by atoms with Crippen LogP contribution < -0.4 is 10.2 Å². The summed E-state index contributed by atoms with van der Waals surface area (Å²) in [6.07, 6.45) is 7.81. The van der Waals surface area contributed by atoms with E-state index in [1.807, 2.05) is 11.3 Å². The summed E-state index contributed by atoms with van der Waals surface area (Å²) in [4.78, 5) is 9.14. The first kappa shape index (κ1) is 15.3. The van der Waals surface area contributed by atoms with Crippen LogP contribution in [0.5, 0.6) is 0 Å². The molecule has 4 heteroatoms. The SMILES string of the molecule is CCCNC1CCCc2sc(N(CC3CC3)C(C)C)nc21. The third-order valence-corrected chi connectivity index (χ3v) is 5.77. The third kappa shape index (κ3) is 3.59. The fourth-order valence-corrected chi connectivity index (χ4v) is 4.44. The van der Waals surface area contributed by atoms with Crippen LogP contribution in [0.4, 0.5) is 5.13 Å². The smallest absolute Gasteiger partial charge is 0.186 e. The van der Waals surface area contributed by atoms with E-state index >= 15 is 0 Å². The second-order valence-electron chi connectivity index (χ2n) is 6.89. The molecule has 1 N–H and O–H groups in total. The molecular formula is C17H29N3S. The molecule has 0 amide bonds. The Balaban J connectivity index is 1.78. The van der Waals surface area contributed by atoms with Crippen molar-refractivity contribution in [1.29, 1.82) is 0 Å². The van der Waals surface area contributed by atoms with Crippen molar-refractivity contribution in [2.24, 2.45) is 5.92 Å². The third-order valence-electron chi connectivity index (χ3n) is 4.60. The molecule has 1 fully saturated rings. The Morgan fingerprint density at radius 3 is 2.81 bits per heavy atom. The maximum absolute atomic E-state index is 5.07. The van der Waals surface area contributed by atoms with E-state index in [1.165, 1.54) is 60.8 Å². The number of aryl methyl sites for hydroxylation is 1. The lowest BCUT2D eigenvalue weighted by atomic mass is 9.97. The molecule has 1 heterocycles. The highest BCUT2D eigenvalue weighted by atomic mass is 32.1. The lowest BCUT2D eigenvalue weighted by Crippen LogP contribution is -2.32. The first-order chi connectivity index (χ1) is 10.2. The number of rotatable bonds is 7. The van der Waals surface area contributed by atoms with Crippen LogP contribution in [0.1, 0.15) is 69.5 Å². The van der Waals surface area contributed by atoms with Crippen molar-refractivity contribution in [3.05, 3.63) is 10.6 Å². The summed E-state index contributed by atoms with van der Waals surface area (Å²) in [7, 11) is 0. The van der Waals surface area contributed by atoms with Gasteiger partial charge in [-0.25, -0.2) is 4.98 Å². The number of anilines is 1. The zero-order valence-electron chi connectivity index (χ0n) is 13.7. The maximum Gasteiger partial charge on any atom is 0.186 e. The molecule has 3 nitrogen and oxygen atoms in total. The van der Waals surface area contributed by atoms with Gasteiger partial charge >= 0.3 is 0 Å². The Kier molecular flexibility index (Phi) is 4.85. The molecule has 0 spiro atoms. The van der Waals surface area contributed by atoms with Gasteiger partial charge in [-0.2, -0.15) is 0 Å². The van der Waals surface area contributed by atoms with Gasteiger partial charge in [0.25, 0.3) is 0 Å². The van der Waals surface area contributed by atoms with Crippen molar-refractivity contribution in [3.8, 4) is 0 Å². The fraction of sp³-hybridized carbons (Fsp3) is 0.824. The van der Waals surface area contributed by atoms with Gasteiger partial charge in [-0.3, -0.25) is 0 Å². The Morgan fingerprint density at radius 2 is 2.14 bits per heavy atom. The second kappa shape index (κ2) is 6.66. The van der Waals surface area contributed by atoms with Crippen molar-refractivity contribution in [2.75, 3.05) is 18.0 Å². The van der Waals surface area contributed by atoms with E-state index < -0.39 is 0 Å². The van der Waals surface area contributed by atoms with E-state index in [-0.39, 0.29) is 0 Å². The quantitative estimate of drug-likeness (QED) is 0.820. The largest absolute Gasteiger partial charge is 0.345 e. The maximum atomic E-state index is 5.07. The minimum Gasteiger partial charge on any atom is -0.345 e. The predicted octanol–water partition coefficient (Wildman–Crippen LogP) is 4.14. The van der Waals surface area contributed by atoms with Crippen molar-refractivity contribution in [3.63, 3.8) is 0 Å². The average Bonchev–Trinajstić information content (AvgIpc) is 3.19. The summed E-state index contributed by atoms with van der Waals surface area (Å²) in [5.74, 6) is 0.919. The molecule has 21 heavy (non-hydrogen) atoms. The van der Waals surface area contributed by atoms with Gasteiger partial charge in [0, 0.05) is 17.5 Å². The van der Waals surface area contributed by atoms with Crippen LogP contribution in [0.3, 0.4) is 0 Å². The highest BCUT2D eigenvalue weighted by Crippen LogP contribution is 2.39. The minimum absolute atomic E-state index is 0.494. The molecule has 3 rings (SSSR count). The lowest BCUT2D eigenvalue weighted by Gasteiger charge is -2.26. The van der Waals surface area contributed by atoms with E-state index in [2.05, 4.69) is 31.0 Å². The van der Waals surface area contributed by atoms with Gasteiger partial charge in [0.1, 0.15) is 0 Å². The molecule has 2 aliphatic carbocycles. The standard InChI is InChI=1S/C17H29N3S/c1-4-10-18-14-6-5-7-15-16(14)19-17(21-15)20(12(2)3)11-13-8-9-13/h12-14,18H,4-11H2,1-3H3. The van der Waals surface area contributed by atoms with Gasteiger partial charge in [-0.05, 0) is 64.8 Å². The summed E-state index contributed by atoms with van der Waals surface area (Å²) in [6.45, 7) is 9.15. The van der Waals surface area contributed by atoms with Gasteiger partial charge in [-0.1, -0.05) is 6.92 Å². The molecule has 0 aliphatic heterocycles. The number of nitrogens with one attached hydrogen (secondary N) is 1. The molecule has 0 aromatic carbocycles. The number of nitrogens with zero attached hydrogens (tertiary/aromatic N) is 2. The van der Waals surface area contributed by atoms with E-state index in [0.717, 1.165) is 12.5 Å². The molecule has 1 atom stereocenters. The molecule has 118 valence electrons. The normalized spacial score (nSPS) is 21.6. The Hall–Kier alpha value is -0.610. The molecule has 1 saturated carbocycles. The van der Waals surface area contributed by atoms with E-state index in [0.29, 0.717) is 12.1 Å². The van der Waals surface area contributed by atoms with Crippen LogP contribution in [0.15, 0.2) is 0 Å². The van der Waals surface area contributed by atoms with Crippen LogP contribution in [0.2, 0.25) is 0 Å². The highest BCUT2D eigenvalue weighted by molar-refractivity contribution is 7.15. The Morgan fingerprint density at radius 1 is 1.33 bits per heavy atom. The summed E-state index contributed by atoms with van der Waals surface area (Å²) < 4.78 is 0. The predicted molar refractivity (Wildman–Crippen MR) is 91.3 cm³/mol. The van der Waals surface area contributed by atoms with Crippen LogP contribution in [0.25, 0.3) is 0 Å². The van der Waals surface area contributed by atoms with Crippen molar-refractivity contribution in [1.82, 2.24) is 10.3 Å². The van der Waals surface area contributed by atoms with E-state index in [1.54, 1.807) is 0 Å². The van der Waals surface area contributed by atoms with E-state index in [9.17, 15) is 0 Å². The summed E-state index contributed by atoms with van der Waals surface area (Å²) >= 11 is 1.95. The zero-order valence-corrected chi connectivity index (χ0v) is 14.5. The molecule has 0 radical (unpaired) electrons. The topological polar surface area (TPSA) is 28.2 Å². The summed E-state index contributed by atoms with van der Waals surface area (Å²) in [5, 5.41) is 4.96. The summed E-state index contributed by atoms with van der Waals surface area (Å²) in [5.41, 5.74) is 1.36. The van der Waals surface area contributed by atoms with Gasteiger partial charge in [0.05, 0.1) is 11.7 Å². The lowest BCUT2D eigenvalue weighted by molar-refractivity contribution is 0.454. The number of hydrogen-bond acceptors (Lipinski definition) is 4. The molecular weight excluding hydrogens is 278 g/mol. The Labute approximate surface area is 133 Å². The fourth-order valence-electron chi connectivity index (χ4n) is 3.13. The molecule has 2 aliphatic rings. The van der Waals surface area contributed by atoms with Crippen molar-refractivity contribution in [2.45, 2.75) is 71.4 Å². The first-order valence-corrected chi connectivity index (χ1v) is 9.50. The number of fused-ring (bicyclic) bond motifs is 1. The summed E-state index contributed by atoms with van der Waals surface area (Å²) in [6, 6.07) is 1.05. The van der Waals surface area contributed by atoms with Gasteiger partial charge < -0.3 is 10.2 Å². The van der Waals surface area contributed by atoms with Gasteiger partial charge in [0.2, 0.25) is 0 Å². The number of aromatic nitrogens is 1. The first-order valence-electron chi connectivity index (χ1n) is 8.68. The van der Waals surface area contributed by atoms with Crippen LogP contribution in [-0.4, -0.2) is 24.1 Å². The number of thiazole rings is 1. The molecule has 1 unspecified atom stereocenters. The molecule has 0 saturated heterocycles. The number of hydrogen-bond donors (Lipinski definition) is 1. The minimum atomic E-state index is 0.494. The van der Waals surface area contributed by atoms with Crippen LogP contribution in [-0.2, 0) is 6.42 Å². The van der Waals surface area contributed by atoms with E-state index in [4.69, 9.17) is 4.98 Å². The Bertz CT molecular complexity index is 465. The molecule has 0 bridgehead atoms. The van der Waals surface area contributed by atoms with Crippen LogP contribution in [0, 0.1) is 5.92 Å².